The van der Waals surface area contributed by atoms with Crippen LogP contribution in [-0.2, 0) is 12.8 Å². The molecule has 0 saturated heterocycles. The summed E-state index contributed by atoms with van der Waals surface area (Å²) in [5.74, 6) is 0.368. The molecule has 0 N–H and O–H groups in total. The number of Topliss-reactive ketones (excluding diaryl/α,β-unsaturated/α-hetero) is 1. The Labute approximate surface area is 121 Å². The van der Waals surface area contributed by atoms with Gasteiger partial charge in [-0.25, -0.2) is 0 Å². The number of halogens is 1. The van der Waals surface area contributed by atoms with Gasteiger partial charge in [0.1, 0.15) is 0 Å². The number of carbonyl (C=O) groups excluding carboxylic acids is 1. The molecule has 3 heteroatoms. The van der Waals surface area contributed by atoms with Crippen molar-refractivity contribution in [2.45, 2.75) is 19.3 Å². The number of aromatic nitrogens is 1. The van der Waals surface area contributed by atoms with Crippen LogP contribution in [0.4, 0.5) is 0 Å². The molecular weight excluding hydrogens is 302 g/mol. The number of carbonyl (C=O) groups is 1. The average molecular weight is 316 g/mol. The first-order valence-corrected chi connectivity index (χ1v) is 7.25. The molecule has 1 unspecified atom stereocenters. The monoisotopic (exact) mass is 315 g/mol. The molecule has 1 atom stereocenters. The van der Waals surface area contributed by atoms with Crippen molar-refractivity contribution in [1.82, 2.24) is 4.98 Å². The first-order valence-electron chi connectivity index (χ1n) is 6.45. The second-order valence-corrected chi connectivity index (χ2v) is 5.89. The van der Waals surface area contributed by atoms with Crippen LogP contribution in [-0.4, -0.2) is 10.8 Å². The van der Waals surface area contributed by atoms with Gasteiger partial charge in [0.25, 0.3) is 0 Å². The van der Waals surface area contributed by atoms with E-state index in [0.717, 1.165) is 34.9 Å². The summed E-state index contributed by atoms with van der Waals surface area (Å²) < 4.78 is 0.966. The molecule has 3 rings (SSSR count). The highest BCUT2D eigenvalue weighted by Crippen LogP contribution is 2.28. The number of ketones is 1. The van der Waals surface area contributed by atoms with Crippen molar-refractivity contribution in [1.29, 1.82) is 0 Å². The Morgan fingerprint density at radius 2 is 2.11 bits per heavy atom. The summed E-state index contributed by atoms with van der Waals surface area (Å²) in [6.07, 6.45) is 6.32. The summed E-state index contributed by atoms with van der Waals surface area (Å²) in [4.78, 5) is 16.6. The lowest BCUT2D eigenvalue weighted by molar-refractivity contribution is 0.0901. The zero-order valence-electron chi connectivity index (χ0n) is 10.5. The van der Waals surface area contributed by atoms with E-state index in [1.165, 1.54) is 5.56 Å². The number of rotatable bonds is 2. The zero-order valence-corrected chi connectivity index (χ0v) is 12.1. The lowest BCUT2D eigenvalue weighted by atomic mass is 9.80. The molecule has 0 fully saturated rings. The molecule has 0 bridgehead atoms. The van der Waals surface area contributed by atoms with Crippen molar-refractivity contribution in [3.05, 3.63) is 63.9 Å². The molecule has 2 nitrogen and oxygen atoms in total. The molecule has 2 aromatic rings. The van der Waals surface area contributed by atoms with Crippen molar-refractivity contribution < 1.29 is 4.79 Å². The van der Waals surface area contributed by atoms with E-state index in [2.05, 4.69) is 27.0 Å². The quantitative estimate of drug-likeness (QED) is 0.843. The molecule has 0 saturated carbocycles. The molecule has 19 heavy (non-hydrogen) atoms. The number of aryl methyl sites for hydroxylation is 1. The Kier molecular flexibility index (Phi) is 3.47. The molecule has 1 aliphatic rings. The van der Waals surface area contributed by atoms with Gasteiger partial charge in [0.05, 0.1) is 0 Å². The molecule has 1 aromatic carbocycles. The summed E-state index contributed by atoms with van der Waals surface area (Å²) in [5.41, 5.74) is 3.21. The largest absolute Gasteiger partial charge is 0.294 e. The van der Waals surface area contributed by atoms with Gasteiger partial charge in [0.2, 0.25) is 0 Å². The molecule has 0 radical (unpaired) electrons. The van der Waals surface area contributed by atoms with Gasteiger partial charge in [-0.1, -0.05) is 24.3 Å². The van der Waals surface area contributed by atoms with Crippen LogP contribution in [0.3, 0.4) is 0 Å². The predicted molar refractivity (Wildman–Crippen MR) is 78.2 cm³/mol. The van der Waals surface area contributed by atoms with Gasteiger partial charge >= 0.3 is 0 Å². The van der Waals surface area contributed by atoms with Gasteiger partial charge in [0.15, 0.2) is 5.78 Å². The number of fused-ring (bicyclic) bond motifs is 1. The Bertz CT molecular complexity index is 624. The van der Waals surface area contributed by atoms with Crippen LogP contribution in [0.1, 0.15) is 27.9 Å². The van der Waals surface area contributed by atoms with Gasteiger partial charge in [-0.05, 0) is 52.4 Å². The van der Waals surface area contributed by atoms with Crippen molar-refractivity contribution in [2.75, 3.05) is 0 Å². The van der Waals surface area contributed by atoms with Gasteiger partial charge in [-0.15, -0.1) is 0 Å². The summed E-state index contributed by atoms with van der Waals surface area (Å²) in [6, 6.07) is 10.00. The van der Waals surface area contributed by atoms with Gasteiger partial charge in [-0.3, -0.25) is 9.78 Å². The molecule has 0 aliphatic heterocycles. The lowest BCUT2D eigenvalue weighted by Gasteiger charge is -2.23. The van der Waals surface area contributed by atoms with Gasteiger partial charge in [0, 0.05) is 28.3 Å². The third-order valence-electron chi connectivity index (χ3n) is 3.66. The third-order valence-corrected chi connectivity index (χ3v) is 4.09. The maximum Gasteiger partial charge on any atom is 0.166 e. The first kappa shape index (κ1) is 12.5. The molecule has 1 aromatic heterocycles. The minimum absolute atomic E-state index is 0.0889. The third kappa shape index (κ3) is 2.61. The van der Waals surface area contributed by atoms with E-state index in [0.29, 0.717) is 0 Å². The highest BCUT2D eigenvalue weighted by molar-refractivity contribution is 9.10. The van der Waals surface area contributed by atoms with Crippen LogP contribution in [0.25, 0.3) is 0 Å². The fraction of sp³-hybridized carbons (Fsp3) is 0.250. The second-order valence-electron chi connectivity index (χ2n) is 4.97. The number of pyridine rings is 1. The molecule has 1 aliphatic carbocycles. The maximum atomic E-state index is 12.5. The molecule has 0 amide bonds. The van der Waals surface area contributed by atoms with E-state index >= 15 is 0 Å². The Balaban J connectivity index is 1.83. The van der Waals surface area contributed by atoms with Gasteiger partial charge in [-0.2, -0.15) is 0 Å². The zero-order chi connectivity index (χ0) is 13.2. The smallest absolute Gasteiger partial charge is 0.166 e. The number of hydrogen-bond donors (Lipinski definition) is 0. The normalized spacial score (nSPS) is 18.2. The Hall–Kier alpha value is -1.48. The van der Waals surface area contributed by atoms with Crippen LogP contribution in [0, 0.1) is 5.92 Å². The van der Waals surface area contributed by atoms with Crippen molar-refractivity contribution >= 4 is 21.7 Å². The number of benzene rings is 1. The molecule has 0 spiro atoms. The summed E-state index contributed by atoms with van der Waals surface area (Å²) >= 11 is 3.42. The predicted octanol–water partition coefficient (Wildman–Crippen LogP) is 3.83. The average Bonchev–Trinajstić information content (AvgIpc) is 2.42. The first-order chi connectivity index (χ1) is 9.24. The van der Waals surface area contributed by atoms with Crippen LogP contribution in [0.2, 0.25) is 0 Å². The van der Waals surface area contributed by atoms with E-state index in [9.17, 15) is 4.79 Å². The van der Waals surface area contributed by atoms with Crippen LogP contribution in [0.15, 0.2) is 47.2 Å². The van der Waals surface area contributed by atoms with E-state index < -0.39 is 0 Å². The number of nitrogens with zero attached hydrogens (tertiary/aromatic N) is 1. The standard InChI is InChI=1S/C16H14BrNO/c17-14-8-11(9-18-10-14)7-13-6-5-12-3-1-2-4-15(12)16(13)19/h1-4,8-10,13H,5-7H2. The van der Waals surface area contributed by atoms with Crippen LogP contribution in [0.5, 0.6) is 0 Å². The minimum atomic E-state index is 0.0889. The number of hydrogen-bond acceptors (Lipinski definition) is 2. The van der Waals surface area contributed by atoms with E-state index in [1.807, 2.05) is 30.5 Å². The molecule has 1 heterocycles. The highest BCUT2D eigenvalue weighted by atomic mass is 79.9. The van der Waals surface area contributed by atoms with Crippen molar-refractivity contribution in [3.63, 3.8) is 0 Å². The molecule has 96 valence electrons. The van der Waals surface area contributed by atoms with E-state index in [1.54, 1.807) is 6.20 Å². The van der Waals surface area contributed by atoms with Crippen LogP contribution >= 0.6 is 15.9 Å². The van der Waals surface area contributed by atoms with E-state index in [-0.39, 0.29) is 11.7 Å². The summed E-state index contributed by atoms with van der Waals surface area (Å²) in [6.45, 7) is 0. The van der Waals surface area contributed by atoms with Crippen molar-refractivity contribution in [3.8, 4) is 0 Å². The minimum Gasteiger partial charge on any atom is -0.294 e. The second kappa shape index (κ2) is 5.25. The fourth-order valence-electron chi connectivity index (χ4n) is 2.71. The summed E-state index contributed by atoms with van der Waals surface area (Å²) in [5, 5.41) is 0. The molecular formula is C16H14BrNO. The fourth-order valence-corrected chi connectivity index (χ4v) is 3.12. The van der Waals surface area contributed by atoms with Crippen LogP contribution < -0.4 is 0 Å². The van der Waals surface area contributed by atoms with E-state index in [4.69, 9.17) is 0 Å². The van der Waals surface area contributed by atoms with Gasteiger partial charge < -0.3 is 0 Å². The lowest BCUT2D eigenvalue weighted by Crippen LogP contribution is -2.24. The summed E-state index contributed by atoms with van der Waals surface area (Å²) in [7, 11) is 0. The highest BCUT2D eigenvalue weighted by Gasteiger charge is 2.27. The Morgan fingerprint density at radius 3 is 2.95 bits per heavy atom. The van der Waals surface area contributed by atoms with Crippen molar-refractivity contribution in [2.24, 2.45) is 5.92 Å². The SMILES string of the molecule is O=C1c2ccccc2CCC1Cc1cncc(Br)c1. The maximum absolute atomic E-state index is 12.5. The topological polar surface area (TPSA) is 30.0 Å². The Morgan fingerprint density at radius 1 is 1.26 bits per heavy atom.